The number of nitrogens with zero attached hydrogens (tertiary/aromatic N) is 1. The third kappa shape index (κ3) is 3.42. The molecule has 3 nitrogen and oxygen atoms in total. The predicted molar refractivity (Wildman–Crippen MR) is 54.9 cm³/mol. The Morgan fingerprint density at radius 1 is 1.62 bits per heavy atom. The number of aromatic nitrogens is 1. The van der Waals surface area contributed by atoms with Crippen molar-refractivity contribution in [3.63, 3.8) is 0 Å². The monoisotopic (exact) mass is 200 g/mol. The summed E-state index contributed by atoms with van der Waals surface area (Å²) >= 11 is 1.69. The summed E-state index contributed by atoms with van der Waals surface area (Å²) in [4.78, 5) is 5.49. The van der Waals surface area contributed by atoms with Crippen LogP contribution in [-0.4, -0.2) is 22.7 Å². The van der Waals surface area contributed by atoms with Crippen LogP contribution in [0.4, 0.5) is 0 Å². The highest BCUT2D eigenvalue weighted by Crippen LogP contribution is 2.18. The molecule has 2 atom stereocenters. The smallest absolute Gasteiger partial charge is 0.109 e. The minimum absolute atomic E-state index is 0.230. The maximum absolute atomic E-state index is 9.07. The first-order chi connectivity index (χ1) is 6.09. The fourth-order valence-corrected chi connectivity index (χ4v) is 1.81. The number of rotatable bonds is 4. The van der Waals surface area contributed by atoms with Crippen LogP contribution in [0.2, 0.25) is 0 Å². The summed E-state index contributed by atoms with van der Waals surface area (Å²) in [5.74, 6) is 0. The molecule has 1 heterocycles. The SMILES string of the molecule is Cc1cnc(C(C)NC[C@@H](C)O)s1. The van der Waals surface area contributed by atoms with Crippen LogP contribution in [0.15, 0.2) is 6.20 Å². The summed E-state index contributed by atoms with van der Waals surface area (Å²) in [5, 5.41) is 13.4. The quantitative estimate of drug-likeness (QED) is 0.774. The van der Waals surface area contributed by atoms with Crippen LogP contribution in [-0.2, 0) is 0 Å². The van der Waals surface area contributed by atoms with Gasteiger partial charge in [0.2, 0.25) is 0 Å². The standard InChI is InChI=1S/C9H16N2OS/c1-6(12)4-10-8(3)9-11-5-7(2)13-9/h5-6,8,10,12H,4H2,1-3H3/t6-,8?/m1/s1. The van der Waals surface area contributed by atoms with Gasteiger partial charge in [0.1, 0.15) is 5.01 Å². The molecular formula is C9H16N2OS. The average molecular weight is 200 g/mol. The summed E-state index contributed by atoms with van der Waals surface area (Å²) in [5.41, 5.74) is 0. The molecule has 0 aromatic carbocycles. The zero-order valence-corrected chi connectivity index (χ0v) is 9.06. The van der Waals surface area contributed by atoms with E-state index in [4.69, 9.17) is 5.11 Å². The number of thiazole rings is 1. The van der Waals surface area contributed by atoms with Gasteiger partial charge in [0, 0.05) is 17.6 Å². The fraction of sp³-hybridized carbons (Fsp3) is 0.667. The van der Waals surface area contributed by atoms with Gasteiger partial charge in [0.05, 0.1) is 12.1 Å². The van der Waals surface area contributed by atoms with Crippen LogP contribution < -0.4 is 5.32 Å². The van der Waals surface area contributed by atoms with Gasteiger partial charge in [-0.1, -0.05) is 0 Å². The van der Waals surface area contributed by atoms with Crippen LogP contribution in [0.25, 0.3) is 0 Å². The van der Waals surface area contributed by atoms with E-state index in [0.717, 1.165) is 5.01 Å². The van der Waals surface area contributed by atoms with Gasteiger partial charge < -0.3 is 10.4 Å². The number of nitrogens with one attached hydrogen (secondary N) is 1. The number of hydrogen-bond acceptors (Lipinski definition) is 4. The molecule has 1 aromatic rings. The van der Waals surface area contributed by atoms with E-state index in [1.165, 1.54) is 4.88 Å². The molecule has 0 aliphatic rings. The summed E-state index contributed by atoms with van der Waals surface area (Å²) in [6.07, 6.45) is 1.57. The molecule has 1 unspecified atom stereocenters. The van der Waals surface area contributed by atoms with E-state index in [2.05, 4.69) is 17.2 Å². The van der Waals surface area contributed by atoms with Gasteiger partial charge in [-0.15, -0.1) is 11.3 Å². The second-order valence-corrected chi connectivity index (χ2v) is 4.55. The maximum atomic E-state index is 9.07. The van der Waals surface area contributed by atoms with Crippen LogP contribution in [0.5, 0.6) is 0 Å². The number of hydrogen-bond donors (Lipinski definition) is 2. The number of aryl methyl sites for hydroxylation is 1. The van der Waals surface area contributed by atoms with Crippen molar-refractivity contribution in [1.82, 2.24) is 10.3 Å². The van der Waals surface area contributed by atoms with Gasteiger partial charge >= 0.3 is 0 Å². The molecule has 0 spiro atoms. The molecule has 0 aliphatic carbocycles. The highest BCUT2D eigenvalue weighted by atomic mass is 32.1. The predicted octanol–water partition coefficient (Wildman–Crippen LogP) is 1.48. The van der Waals surface area contributed by atoms with Crippen molar-refractivity contribution in [3.8, 4) is 0 Å². The number of aliphatic hydroxyl groups is 1. The minimum atomic E-state index is -0.302. The van der Waals surface area contributed by atoms with Crippen molar-refractivity contribution in [2.24, 2.45) is 0 Å². The summed E-state index contributed by atoms with van der Waals surface area (Å²) in [6, 6.07) is 0.230. The van der Waals surface area contributed by atoms with Crippen molar-refractivity contribution in [2.75, 3.05) is 6.54 Å². The zero-order valence-electron chi connectivity index (χ0n) is 8.24. The van der Waals surface area contributed by atoms with Crippen LogP contribution in [0.1, 0.15) is 29.8 Å². The molecule has 74 valence electrons. The minimum Gasteiger partial charge on any atom is -0.392 e. The van der Waals surface area contributed by atoms with Crippen molar-refractivity contribution >= 4 is 11.3 Å². The third-order valence-electron chi connectivity index (χ3n) is 1.73. The van der Waals surface area contributed by atoms with Gasteiger partial charge in [0.15, 0.2) is 0 Å². The van der Waals surface area contributed by atoms with Crippen LogP contribution >= 0.6 is 11.3 Å². The highest BCUT2D eigenvalue weighted by Gasteiger charge is 2.08. The molecule has 0 bridgehead atoms. The Balaban J connectivity index is 2.44. The van der Waals surface area contributed by atoms with E-state index in [1.807, 2.05) is 13.1 Å². The second kappa shape index (κ2) is 4.69. The van der Waals surface area contributed by atoms with Gasteiger partial charge in [-0.05, 0) is 20.8 Å². The van der Waals surface area contributed by atoms with Gasteiger partial charge in [-0.2, -0.15) is 0 Å². The molecule has 0 aliphatic heterocycles. The molecule has 1 aromatic heterocycles. The van der Waals surface area contributed by atoms with E-state index in [0.29, 0.717) is 6.54 Å². The lowest BCUT2D eigenvalue weighted by Crippen LogP contribution is -2.26. The van der Waals surface area contributed by atoms with Crippen molar-refractivity contribution in [3.05, 3.63) is 16.1 Å². The van der Waals surface area contributed by atoms with Gasteiger partial charge in [0.25, 0.3) is 0 Å². The molecule has 0 saturated carbocycles. The van der Waals surface area contributed by atoms with E-state index in [9.17, 15) is 0 Å². The van der Waals surface area contributed by atoms with Crippen molar-refractivity contribution < 1.29 is 5.11 Å². The Morgan fingerprint density at radius 2 is 2.31 bits per heavy atom. The Bertz CT molecular complexity index is 260. The van der Waals surface area contributed by atoms with Gasteiger partial charge in [-0.3, -0.25) is 0 Å². The van der Waals surface area contributed by atoms with E-state index in [-0.39, 0.29) is 12.1 Å². The third-order valence-corrected chi connectivity index (χ3v) is 2.82. The maximum Gasteiger partial charge on any atom is 0.109 e. The molecule has 1 rings (SSSR count). The first-order valence-corrected chi connectivity index (χ1v) is 5.25. The van der Waals surface area contributed by atoms with Gasteiger partial charge in [-0.25, -0.2) is 4.98 Å². The first kappa shape index (κ1) is 10.6. The normalized spacial score (nSPS) is 15.7. The molecular weight excluding hydrogens is 184 g/mol. The summed E-state index contributed by atoms with van der Waals surface area (Å²) in [7, 11) is 0. The molecule has 0 fully saturated rings. The lowest BCUT2D eigenvalue weighted by Gasteiger charge is -2.12. The Labute approximate surface area is 82.8 Å². The topological polar surface area (TPSA) is 45.2 Å². The van der Waals surface area contributed by atoms with E-state index in [1.54, 1.807) is 18.3 Å². The zero-order chi connectivity index (χ0) is 9.84. The molecule has 13 heavy (non-hydrogen) atoms. The first-order valence-electron chi connectivity index (χ1n) is 4.43. The van der Waals surface area contributed by atoms with E-state index < -0.39 is 0 Å². The molecule has 0 amide bonds. The second-order valence-electron chi connectivity index (χ2n) is 3.29. The lowest BCUT2D eigenvalue weighted by molar-refractivity contribution is 0.187. The van der Waals surface area contributed by atoms with Crippen LogP contribution in [0, 0.1) is 6.92 Å². The van der Waals surface area contributed by atoms with Crippen LogP contribution in [0.3, 0.4) is 0 Å². The largest absolute Gasteiger partial charge is 0.392 e. The molecule has 0 radical (unpaired) electrons. The molecule has 4 heteroatoms. The van der Waals surface area contributed by atoms with Crippen molar-refractivity contribution in [2.45, 2.75) is 32.9 Å². The summed E-state index contributed by atoms with van der Waals surface area (Å²) in [6.45, 7) is 6.48. The number of aliphatic hydroxyl groups excluding tert-OH is 1. The van der Waals surface area contributed by atoms with E-state index >= 15 is 0 Å². The Kier molecular flexibility index (Phi) is 3.84. The molecule has 2 N–H and O–H groups in total. The fourth-order valence-electron chi connectivity index (χ4n) is 1.01. The summed E-state index contributed by atoms with van der Waals surface area (Å²) < 4.78 is 0. The lowest BCUT2D eigenvalue weighted by atomic mass is 10.3. The van der Waals surface area contributed by atoms with Crippen molar-refractivity contribution in [1.29, 1.82) is 0 Å². The Hall–Kier alpha value is -0.450. The molecule has 0 saturated heterocycles. The Morgan fingerprint density at radius 3 is 2.77 bits per heavy atom. The average Bonchev–Trinajstić information content (AvgIpc) is 2.47. The highest BCUT2D eigenvalue weighted by molar-refractivity contribution is 7.11.